The van der Waals surface area contributed by atoms with Crippen molar-refractivity contribution in [1.82, 2.24) is 9.13 Å². The van der Waals surface area contributed by atoms with Gasteiger partial charge in [-0.25, -0.2) is 9.59 Å². The average Bonchev–Trinajstić information content (AvgIpc) is 2.72. The van der Waals surface area contributed by atoms with Crippen LogP contribution in [0.4, 0.5) is 5.82 Å². The lowest BCUT2D eigenvalue weighted by molar-refractivity contribution is 0.0474. The zero-order valence-corrected chi connectivity index (χ0v) is 16.8. The highest BCUT2D eigenvalue weighted by molar-refractivity contribution is 6.02. The van der Waals surface area contributed by atoms with Crippen molar-refractivity contribution < 1.29 is 19.1 Å². The highest BCUT2D eigenvalue weighted by Crippen LogP contribution is 2.14. The van der Waals surface area contributed by atoms with E-state index in [9.17, 15) is 19.2 Å². The van der Waals surface area contributed by atoms with E-state index in [1.54, 1.807) is 12.1 Å². The monoisotopic (exact) mass is 403 g/mol. The molecule has 1 aromatic heterocycles. The number of hydrogen-bond acceptors (Lipinski definition) is 7. The second kappa shape index (κ2) is 9.72. The molecule has 0 saturated heterocycles. The third-order valence-electron chi connectivity index (χ3n) is 4.43. The van der Waals surface area contributed by atoms with Gasteiger partial charge in [0.2, 0.25) is 5.78 Å². The molecule has 2 rings (SSSR count). The van der Waals surface area contributed by atoms with Crippen LogP contribution in [-0.4, -0.2) is 34.1 Å². The SMILES string of the molecule is CCCCCOc1ccc(C(=O)OCC(=O)c2c(N)n(C)c(=O)n(C)c2=O)cc1. The number of nitrogens with two attached hydrogens (primary N) is 1. The fraction of sp³-hybridized carbons (Fsp3) is 0.400. The number of carbonyl (C=O) groups excluding carboxylic acids is 2. The Kier molecular flexibility index (Phi) is 7.35. The zero-order chi connectivity index (χ0) is 21.6. The number of anilines is 1. The Labute approximate surface area is 167 Å². The first-order valence-corrected chi connectivity index (χ1v) is 9.26. The predicted molar refractivity (Wildman–Crippen MR) is 107 cm³/mol. The van der Waals surface area contributed by atoms with Gasteiger partial charge in [-0.05, 0) is 30.7 Å². The van der Waals surface area contributed by atoms with Crippen molar-refractivity contribution in [3.63, 3.8) is 0 Å². The summed E-state index contributed by atoms with van der Waals surface area (Å²) in [7, 11) is 2.57. The van der Waals surface area contributed by atoms with E-state index in [0.717, 1.165) is 28.4 Å². The minimum atomic E-state index is -0.837. The lowest BCUT2D eigenvalue weighted by Gasteiger charge is -2.11. The molecule has 2 aromatic rings. The molecule has 0 unspecified atom stereocenters. The van der Waals surface area contributed by atoms with E-state index in [1.807, 2.05) is 0 Å². The summed E-state index contributed by atoms with van der Waals surface area (Å²) < 4.78 is 12.3. The van der Waals surface area contributed by atoms with E-state index in [2.05, 4.69) is 6.92 Å². The second-order valence-electron chi connectivity index (χ2n) is 6.55. The van der Waals surface area contributed by atoms with Crippen molar-refractivity contribution in [2.45, 2.75) is 26.2 Å². The van der Waals surface area contributed by atoms with E-state index in [1.165, 1.54) is 26.2 Å². The molecule has 0 atom stereocenters. The number of carbonyl (C=O) groups is 2. The molecular weight excluding hydrogens is 378 g/mol. The van der Waals surface area contributed by atoms with E-state index < -0.39 is 35.2 Å². The lowest BCUT2D eigenvalue weighted by atomic mass is 10.2. The van der Waals surface area contributed by atoms with Gasteiger partial charge in [-0.3, -0.25) is 18.7 Å². The molecule has 0 aliphatic carbocycles. The van der Waals surface area contributed by atoms with Crippen molar-refractivity contribution in [3.05, 3.63) is 56.2 Å². The van der Waals surface area contributed by atoms with Gasteiger partial charge >= 0.3 is 11.7 Å². The molecule has 156 valence electrons. The fourth-order valence-corrected chi connectivity index (χ4v) is 2.64. The molecule has 9 nitrogen and oxygen atoms in total. The summed E-state index contributed by atoms with van der Waals surface area (Å²) in [5, 5.41) is 0. The van der Waals surface area contributed by atoms with Crippen LogP contribution in [0.3, 0.4) is 0 Å². The molecule has 29 heavy (non-hydrogen) atoms. The van der Waals surface area contributed by atoms with Gasteiger partial charge in [0.1, 0.15) is 17.1 Å². The van der Waals surface area contributed by atoms with Crippen LogP contribution >= 0.6 is 0 Å². The van der Waals surface area contributed by atoms with Crippen LogP contribution in [0.25, 0.3) is 0 Å². The summed E-state index contributed by atoms with van der Waals surface area (Å²) in [5.74, 6) is -1.15. The molecule has 0 spiro atoms. The van der Waals surface area contributed by atoms with E-state index in [0.29, 0.717) is 12.4 Å². The van der Waals surface area contributed by atoms with Crippen molar-refractivity contribution in [3.8, 4) is 5.75 Å². The number of nitrogen functional groups attached to an aromatic ring is 1. The molecule has 9 heteroatoms. The van der Waals surface area contributed by atoms with Gasteiger partial charge < -0.3 is 15.2 Å². The predicted octanol–water partition coefficient (Wildman–Crippen LogP) is 1.27. The number of Topliss-reactive ketones (excluding diaryl/α,β-unsaturated/α-hetero) is 1. The van der Waals surface area contributed by atoms with Crippen molar-refractivity contribution in [2.75, 3.05) is 18.9 Å². The number of rotatable bonds is 9. The smallest absolute Gasteiger partial charge is 0.338 e. The highest BCUT2D eigenvalue weighted by Gasteiger charge is 2.21. The largest absolute Gasteiger partial charge is 0.494 e. The van der Waals surface area contributed by atoms with Crippen molar-refractivity contribution >= 4 is 17.6 Å². The minimum Gasteiger partial charge on any atom is -0.494 e. The molecule has 0 aliphatic rings. The molecule has 0 aliphatic heterocycles. The van der Waals surface area contributed by atoms with E-state index in [4.69, 9.17) is 15.2 Å². The average molecular weight is 403 g/mol. The summed E-state index contributed by atoms with van der Waals surface area (Å²) in [6, 6.07) is 6.35. The molecule has 0 saturated carbocycles. The molecule has 1 aromatic carbocycles. The maximum Gasteiger partial charge on any atom is 0.338 e. The maximum atomic E-state index is 12.4. The summed E-state index contributed by atoms with van der Waals surface area (Å²) in [5.41, 5.74) is 4.08. The van der Waals surface area contributed by atoms with E-state index in [-0.39, 0.29) is 11.4 Å². The lowest BCUT2D eigenvalue weighted by Crippen LogP contribution is -2.42. The molecule has 2 N–H and O–H groups in total. The highest BCUT2D eigenvalue weighted by atomic mass is 16.5. The van der Waals surface area contributed by atoms with Crippen LogP contribution in [-0.2, 0) is 18.8 Å². The van der Waals surface area contributed by atoms with Gasteiger partial charge in [-0.15, -0.1) is 0 Å². The summed E-state index contributed by atoms with van der Waals surface area (Å²) in [6.07, 6.45) is 3.14. The van der Waals surface area contributed by atoms with Gasteiger partial charge in [0.25, 0.3) is 5.56 Å². The number of ketones is 1. The Hall–Kier alpha value is -3.36. The summed E-state index contributed by atoms with van der Waals surface area (Å²) >= 11 is 0. The van der Waals surface area contributed by atoms with Gasteiger partial charge in [0.15, 0.2) is 6.61 Å². The number of esters is 1. The van der Waals surface area contributed by atoms with Gasteiger partial charge in [-0.2, -0.15) is 0 Å². The summed E-state index contributed by atoms with van der Waals surface area (Å²) in [6.45, 7) is 2.03. The molecule has 0 amide bonds. The first-order chi connectivity index (χ1) is 13.8. The van der Waals surface area contributed by atoms with Crippen LogP contribution in [0.2, 0.25) is 0 Å². The molecule has 1 heterocycles. The Balaban J connectivity index is 2.02. The summed E-state index contributed by atoms with van der Waals surface area (Å²) in [4.78, 5) is 48.5. The minimum absolute atomic E-state index is 0.236. The maximum absolute atomic E-state index is 12.4. The Bertz CT molecular complexity index is 1000. The second-order valence-corrected chi connectivity index (χ2v) is 6.55. The van der Waals surface area contributed by atoms with Crippen molar-refractivity contribution in [2.24, 2.45) is 14.1 Å². The van der Waals surface area contributed by atoms with Gasteiger partial charge in [-0.1, -0.05) is 19.8 Å². The van der Waals surface area contributed by atoms with Crippen molar-refractivity contribution in [1.29, 1.82) is 0 Å². The normalized spacial score (nSPS) is 10.6. The fourth-order valence-electron chi connectivity index (χ4n) is 2.64. The Morgan fingerprint density at radius 1 is 1.03 bits per heavy atom. The molecule has 0 bridgehead atoms. The van der Waals surface area contributed by atoms with Crippen LogP contribution in [0.15, 0.2) is 33.9 Å². The molecule has 0 fully saturated rings. The third-order valence-corrected chi connectivity index (χ3v) is 4.43. The quantitative estimate of drug-likeness (QED) is 0.380. The van der Waals surface area contributed by atoms with Crippen LogP contribution in [0, 0.1) is 0 Å². The van der Waals surface area contributed by atoms with Crippen LogP contribution in [0.5, 0.6) is 5.75 Å². The third kappa shape index (κ3) is 5.13. The van der Waals surface area contributed by atoms with Crippen LogP contribution in [0.1, 0.15) is 46.9 Å². The molecular formula is C20H25N3O6. The van der Waals surface area contributed by atoms with Crippen LogP contribution < -0.4 is 21.7 Å². The number of nitrogens with zero attached hydrogens (tertiary/aromatic N) is 2. The van der Waals surface area contributed by atoms with Gasteiger partial charge in [0.05, 0.1) is 12.2 Å². The Morgan fingerprint density at radius 3 is 2.31 bits per heavy atom. The first-order valence-electron chi connectivity index (χ1n) is 9.26. The standard InChI is InChI=1S/C20H25N3O6/c1-4-5-6-11-28-14-9-7-13(8-10-14)19(26)29-12-15(24)16-17(21)22(2)20(27)23(3)18(16)25/h7-10H,4-6,11-12,21H2,1-3H3. The first kappa shape index (κ1) is 21.9. The van der Waals surface area contributed by atoms with E-state index >= 15 is 0 Å². The Morgan fingerprint density at radius 2 is 1.69 bits per heavy atom. The molecule has 0 radical (unpaired) electrons. The van der Waals surface area contributed by atoms with Gasteiger partial charge in [0, 0.05) is 14.1 Å². The number of ether oxygens (including phenoxy) is 2. The number of benzene rings is 1. The zero-order valence-electron chi connectivity index (χ0n) is 16.8. The number of unbranched alkanes of at least 4 members (excludes halogenated alkanes) is 2. The number of aromatic nitrogens is 2. The number of hydrogen-bond donors (Lipinski definition) is 1. The topological polar surface area (TPSA) is 123 Å².